The number of amides is 9. The molecule has 2 aromatic carbocycles. The first kappa shape index (κ1) is 68.1. The summed E-state index contributed by atoms with van der Waals surface area (Å²) in [6.07, 6.45) is 4.81. The van der Waals surface area contributed by atoms with Gasteiger partial charge in [-0.2, -0.15) is 0 Å². The molecule has 8 rings (SSSR count). The molecule has 0 spiro atoms. The zero-order chi connectivity index (χ0) is 65.2. The average molecular weight is 1270 g/mol. The van der Waals surface area contributed by atoms with Gasteiger partial charge in [-0.05, 0) is 73.8 Å². The van der Waals surface area contributed by atoms with Crippen molar-refractivity contribution in [1.29, 1.82) is 0 Å². The summed E-state index contributed by atoms with van der Waals surface area (Å²) >= 11 is 0. The minimum absolute atomic E-state index is 0.0121. The van der Waals surface area contributed by atoms with E-state index in [-0.39, 0.29) is 127 Å². The van der Waals surface area contributed by atoms with Gasteiger partial charge in [-0.1, -0.05) is 43.7 Å². The number of nitrogens with one attached hydrogen (secondary N) is 6. The number of aromatic nitrogens is 2. The predicted octanol–water partition coefficient (Wildman–Crippen LogP) is -0.0408. The first-order chi connectivity index (χ1) is 43.8. The molecule has 2 aromatic heterocycles. The van der Waals surface area contributed by atoms with Crippen LogP contribution in [0.15, 0.2) is 59.4 Å². The number of imide groups is 1. The highest BCUT2D eigenvalue weighted by Gasteiger charge is 2.46. The Morgan fingerprint density at radius 2 is 1.47 bits per heavy atom. The van der Waals surface area contributed by atoms with Crippen molar-refractivity contribution < 1.29 is 81.5 Å². The highest BCUT2D eigenvalue weighted by atomic mass is 19.1. The Morgan fingerprint density at radius 1 is 0.791 bits per heavy atom. The highest BCUT2D eigenvalue weighted by molar-refractivity contribution is 6.12. The number of hydrogen-bond donors (Lipinski definition) is 8. The predicted molar refractivity (Wildman–Crippen MR) is 322 cm³/mol. The van der Waals surface area contributed by atoms with Crippen LogP contribution in [0.4, 0.5) is 4.39 Å². The number of rotatable bonds is 35. The monoisotopic (exact) mass is 1260 g/mol. The second-order valence-electron chi connectivity index (χ2n) is 22.4. The lowest BCUT2D eigenvalue weighted by Gasteiger charge is -2.31. The topological polar surface area (TPSA) is 362 Å². The fourth-order valence-electron chi connectivity index (χ4n) is 11.4. The molecule has 0 saturated heterocycles. The van der Waals surface area contributed by atoms with Crippen LogP contribution in [0.3, 0.4) is 0 Å². The van der Waals surface area contributed by atoms with Gasteiger partial charge < -0.3 is 70.5 Å². The lowest BCUT2D eigenvalue weighted by atomic mass is 9.81. The fourth-order valence-corrected chi connectivity index (χ4v) is 11.4. The normalized spacial score (nSPS) is 16.3. The Morgan fingerprint density at radius 3 is 2.20 bits per heavy atom. The average Bonchev–Trinajstić information content (AvgIpc) is 1.62. The molecule has 28 heteroatoms. The van der Waals surface area contributed by atoms with Crippen molar-refractivity contribution in [3.63, 3.8) is 0 Å². The Balaban J connectivity index is 0.782. The number of fused-ring (bicyclic) bond motifs is 5. The molecule has 4 aliphatic rings. The summed E-state index contributed by atoms with van der Waals surface area (Å²) in [6, 6.07) is 9.86. The first-order valence-corrected chi connectivity index (χ1v) is 30.5. The molecule has 3 aliphatic heterocycles. The molecule has 0 radical (unpaired) electrons. The number of hydrogen-bond acceptors (Lipinski definition) is 18. The molecular formula is C63H77FN10O17. The molecule has 3 atom stereocenters. The number of aliphatic hydroxyl groups excluding tert-OH is 1. The van der Waals surface area contributed by atoms with Gasteiger partial charge in [0, 0.05) is 73.6 Å². The summed E-state index contributed by atoms with van der Waals surface area (Å²) in [6.45, 7) is 2.37. The molecule has 27 nitrogen and oxygen atoms in total. The number of unbranched alkanes of at least 4 members (excludes halogenated alkanes) is 2. The van der Waals surface area contributed by atoms with Crippen LogP contribution < -0.4 is 37.5 Å². The molecule has 91 heavy (non-hydrogen) atoms. The van der Waals surface area contributed by atoms with Crippen LogP contribution in [0, 0.1) is 12.7 Å². The maximum atomic E-state index is 15.4. The Hall–Kier alpha value is -8.83. The summed E-state index contributed by atoms with van der Waals surface area (Å²) < 4.78 is 38.3. The second-order valence-corrected chi connectivity index (χ2v) is 22.4. The largest absolute Gasteiger partial charge is 0.458 e. The molecule has 488 valence electrons. The van der Waals surface area contributed by atoms with E-state index in [0.717, 1.165) is 10.5 Å². The fraction of sp³-hybridized carbons (Fsp3) is 0.492. The Labute approximate surface area is 523 Å². The van der Waals surface area contributed by atoms with Gasteiger partial charge in [0.15, 0.2) is 5.60 Å². The molecule has 8 N–H and O–H groups in total. The molecule has 0 bridgehead atoms. The van der Waals surface area contributed by atoms with E-state index in [1.54, 1.807) is 50.2 Å². The lowest BCUT2D eigenvalue weighted by Crippen LogP contribution is -2.52. The number of esters is 1. The van der Waals surface area contributed by atoms with Crippen molar-refractivity contribution in [1.82, 2.24) is 51.3 Å². The van der Waals surface area contributed by atoms with Crippen molar-refractivity contribution >= 4 is 70.0 Å². The second kappa shape index (κ2) is 32.3. The number of nitrogens with zero attached hydrogens (tertiary/aromatic N) is 4. The number of aryl methyl sites for hydroxylation is 1. The van der Waals surface area contributed by atoms with Crippen LogP contribution in [0.1, 0.15) is 103 Å². The van der Waals surface area contributed by atoms with E-state index in [1.165, 1.54) is 27.7 Å². The number of pyridine rings is 2. The summed E-state index contributed by atoms with van der Waals surface area (Å²) in [7, 11) is 0. The van der Waals surface area contributed by atoms with Gasteiger partial charge >= 0.3 is 5.97 Å². The van der Waals surface area contributed by atoms with E-state index in [9.17, 15) is 57.8 Å². The zero-order valence-corrected chi connectivity index (χ0v) is 50.9. The number of aliphatic hydroxyl groups is 2. The SMILES string of the molecule is CC[C@@]1(O)C(=O)OCc2c1cc1n(c2=O)Cc2c-1nc1cc(F)c(C)c3c1c2[C@@H](NC(=O)CCCNC(=O)CNC(=O)[C@H](Cc1ccccc1)NC(=O)CNC(=O)CNC(=O)CN(CCOCCOCCOCCO)C(=O)CCCCCN1C(=O)C=CC1=O)CC3. The summed E-state index contributed by atoms with van der Waals surface area (Å²) in [4.78, 5) is 151. The molecule has 4 aromatic rings. The van der Waals surface area contributed by atoms with Crippen molar-refractivity contribution in [3.05, 3.63) is 110 Å². The van der Waals surface area contributed by atoms with Crippen molar-refractivity contribution in [2.45, 2.75) is 109 Å². The van der Waals surface area contributed by atoms with E-state index < -0.39 is 103 Å². The van der Waals surface area contributed by atoms with Crippen LogP contribution in [-0.2, 0) is 98.5 Å². The van der Waals surface area contributed by atoms with Gasteiger partial charge in [-0.15, -0.1) is 0 Å². The third-order valence-corrected chi connectivity index (χ3v) is 16.2. The number of benzene rings is 2. The summed E-state index contributed by atoms with van der Waals surface area (Å²) in [5.41, 5.74) is 1.98. The van der Waals surface area contributed by atoms with Gasteiger partial charge in [-0.3, -0.25) is 52.8 Å². The van der Waals surface area contributed by atoms with Gasteiger partial charge in [0.1, 0.15) is 18.5 Å². The number of carbonyl (C=O) groups is 10. The standard InChI is InChI=1S/C63H77FN10O17/c1-3-63(87)43-30-48-59-41(35-74(48)61(85)42(43)37-91-62(63)86)58-45(16-15-40-38(2)44(64)31-46(71-59)57(40)58)69-49(76)13-10-19-65-50(77)33-68-60(84)47(29-39-11-6-4-7-12-39)70-52(79)34-66-51(78)32-67-53(80)36-72(21-23-88-25-27-90-28-26-89-24-22-75)54(81)14-8-5-9-20-73-55(82)17-18-56(73)83/h4,6-7,11-12,17-18,30-31,45,47,75,87H,3,5,8-10,13-16,19-29,32-37H2,1-2H3,(H,65,77)(H,66,78)(H,67,80)(H,68,84)(H,69,76)(H,70,79)/t45-,47-,63-/m0/s1. The molecule has 1 aliphatic carbocycles. The van der Waals surface area contributed by atoms with Crippen molar-refractivity contribution in [2.24, 2.45) is 0 Å². The maximum absolute atomic E-state index is 15.4. The number of carbonyl (C=O) groups excluding carboxylic acids is 10. The van der Waals surface area contributed by atoms with Crippen molar-refractivity contribution in [2.75, 3.05) is 92.1 Å². The quantitative estimate of drug-likeness (QED) is 0.0150. The van der Waals surface area contributed by atoms with Crippen LogP contribution in [0.5, 0.6) is 0 Å². The van der Waals surface area contributed by atoms with E-state index >= 15 is 4.39 Å². The number of ether oxygens (including phenoxy) is 4. The molecule has 5 heterocycles. The van der Waals surface area contributed by atoms with E-state index in [0.29, 0.717) is 83.3 Å². The van der Waals surface area contributed by atoms with Gasteiger partial charge in [0.05, 0.1) is 107 Å². The molecular weight excluding hydrogens is 1190 g/mol. The first-order valence-electron chi connectivity index (χ1n) is 30.5. The van der Waals surface area contributed by atoms with Gasteiger partial charge in [-0.25, -0.2) is 14.2 Å². The van der Waals surface area contributed by atoms with E-state index in [4.69, 9.17) is 29.0 Å². The van der Waals surface area contributed by atoms with Crippen LogP contribution in [0.25, 0.3) is 22.3 Å². The lowest BCUT2D eigenvalue weighted by molar-refractivity contribution is -0.172. The third-order valence-electron chi connectivity index (χ3n) is 16.2. The Kier molecular flexibility index (Phi) is 24.1. The minimum Gasteiger partial charge on any atom is -0.458 e. The van der Waals surface area contributed by atoms with Crippen molar-refractivity contribution in [3.8, 4) is 11.4 Å². The number of cyclic esters (lactones) is 1. The van der Waals surface area contributed by atoms with E-state index in [2.05, 4.69) is 31.9 Å². The van der Waals surface area contributed by atoms with E-state index in [1.807, 2.05) is 0 Å². The molecule has 0 fully saturated rings. The molecule has 9 amide bonds. The Bertz CT molecular complexity index is 3490. The van der Waals surface area contributed by atoms with Gasteiger partial charge in [0.2, 0.25) is 41.4 Å². The van der Waals surface area contributed by atoms with Crippen LogP contribution in [-0.4, -0.2) is 187 Å². The summed E-state index contributed by atoms with van der Waals surface area (Å²) in [5, 5.41) is 36.7. The van der Waals surface area contributed by atoms with Crippen LogP contribution in [0.2, 0.25) is 0 Å². The number of halogens is 1. The highest BCUT2D eigenvalue weighted by Crippen LogP contribution is 2.46. The van der Waals surface area contributed by atoms with Crippen LogP contribution >= 0.6 is 0 Å². The maximum Gasteiger partial charge on any atom is 0.343 e. The third kappa shape index (κ3) is 17.4. The van der Waals surface area contributed by atoms with Gasteiger partial charge in [0.25, 0.3) is 17.4 Å². The minimum atomic E-state index is -2.05. The molecule has 0 unspecified atom stereocenters. The summed E-state index contributed by atoms with van der Waals surface area (Å²) in [5.74, 6) is -6.33. The zero-order valence-electron chi connectivity index (χ0n) is 50.9. The smallest absolute Gasteiger partial charge is 0.343 e. The molecule has 0 saturated carbocycles.